The first-order valence-corrected chi connectivity index (χ1v) is 16.0. The molecule has 6 heteroatoms. The van der Waals surface area contributed by atoms with Crippen LogP contribution < -0.4 is 0 Å². The number of methoxy groups -OCH3 is 2. The van der Waals surface area contributed by atoms with Crippen molar-refractivity contribution in [3.63, 3.8) is 0 Å². The smallest absolute Gasteiger partial charge is 0.312 e. The van der Waals surface area contributed by atoms with Crippen molar-refractivity contribution in [2.24, 2.45) is 50.2 Å². The van der Waals surface area contributed by atoms with Crippen LogP contribution in [0.15, 0.2) is 24.0 Å². The van der Waals surface area contributed by atoms with Crippen LogP contribution in [0, 0.1) is 50.2 Å². The maximum absolute atomic E-state index is 14.6. The maximum atomic E-state index is 14.6. The summed E-state index contributed by atoms with van der Waals surface area (Å²) in [6.45, 7) is 15.4. The van der Waals surface area contributed by atoms with Crippen LogP contribution in [0.5, 0.6) is 0 Å². The fraction of sp³-hybridized carbons (Fsp3) is 0.829. The van der Waals surface area contributed by atoms with Gasteiger partial charge in [0.25, 0.3) is 0 Å². The summed E-state index contributed by atoms with van der Waals surface area (Å²) in [6, 6.07) is 0. The molecule has 6 rings (SSSR count). The summed E-state index contributed by atoms with van der Waals surface area (Å²) >= 11 is 0. The van der Waals surface area contributed by atoms with Gasteiger partial charge in [0, 0.05) is 17.8 Å². The Morgan fingerprint density at radius 3 is 2.27 bits per heavy atom. The zero-order chi connectivity index (χ0) is 29.7. The predicted octanol–water partition coefficient (Wildman–Crippen LogP) is 7.02. The molecule has 0 radical (unpaired) electrons. The van der Waals surface area contributed by atoms with E-state index in [0.717, 1.165) is 57.8 Å². The van der Waals surface area contributed by atoms with Gasteiger partial charge >= 0.3 is 5.97 Å². The van der Waals surface area contributed by atoms with Crippen LogP contribution in [0.4, 0.5) is 0 Å². The molecular weight excluding hydrogens is 516 g/mol. The van der Waals surface area contributed by atoms with Crippen molar-refractivity contribution >= 4 is 11.8 Å². The van der Waals surface area contributed by atoms with Crippen molar-refractivity contribution in [1.82, 2.24) is 0 Å². The highest BCUT2D eigenvalue weighted by atomic mass is 16.7. The SMILES string of the molecule is CO/C=C\[C@@]1(C)[C@@H]2CC[C@]3(C)C(=CC(=O)[C@@H]4[C@@H]5CC(C)(C)CC[C@]5(C(=O)OC)CC[C@]43C)[C@@]2(C)CCC12OCCO2. The van der Waals surface area contributed by atoms with E-state index in [1.165, 1.54) is 12.7 Å². The normalized spacial score (nSPS) is 48.0. The molecule has 0 amide bonds. The first-order chi connectivity index (χ1) is 19.2. The molecule has 5 aliphatic carbocycles. The molecular formula is C35H52O6. The number of allylic oxidation sites excluding steroid dienone is 2. The van der Waals surface area contributed by atoms with Crippen LogP contribution in [0.25, 0.3) is 0 Å². The Morgan fingerprint density at radius 1 is 0.927 bits per heavy atom. The summed E-state index contributed by atoms with van der Waals surface area (Å²) in [6.07, 6.45) is 14.2. The zero-order valence-electron chi connectivity index (χ0n) is 26.7. The number of hydrogen-bond acceptors (Lipinski definition) is 6. The summed E-state index contributed by atoms with van der Waals surface area (Å²) in [4.78, 5) is 28.2. The van der Waals surface area contributed by atoms with E-state index in [2.05, 4.69) is 53.7 Å². The highest BCUT2D eigenvalue weighted by molar-refractivity contribution is 5.96. The summed E-state index contributed by atoms with van der Waals surface area (Å²) in [5, 5.41) is 0. The Balaban J connectivity index is 1.47. The fourth-order valence-electron chi connectivity index (χ4n) is 11.6. The number of fused-ring (bicyclic) bond motifs is 7. The van der Waals surface area contributed by atoms with Gasteiger partial charge in [-0.25, -0.2) is 0 Å². The van der Waals surface area contributed by atoms with Gasteiger partial charge in [0.2, 0.25) is 0 Å². The summed E-state index contributed by atoms with van der Waals surface area (Å²) in [5.74, 6) is -0.440. The van der Waals surface area contributed by atoms with Gasteiger partial charge in [0.1, 0.15) is 0 Å². The number of carbonyl (C=O) groups is 2. The van der Waals surface area contributed by atoms with E-state index in [1.54, 1.807) is 13.4 Å². The summed E-state index contributed by atoms with van der Waals surface area (Å²) in [7, 11) is 3.21. The Bertz CT molecular complexity index is 1180. The average Bonchev–Trinajstić information content (AvgIpc) is 3.41. The molecule has 6 nitrogen and oxygen atoms in total. The predicted molar refractivity (Wildman–Crippen MR) is 157 cm³/mol. The van der Waals surface area contributed by atoms with Crippen molar-refractivity contribution in [3.8, 4) is 0 Å². The molecule has 1 aliphatic heterocycles. The lowest BCUT2D eigenvalue weighted by Gasteiger charge is -2.70. The Hall–Kier alpha value is -1.66. The molecule has 41 heavy (non-hydrogen) atoms. The van der Waals surface area contributed by atoms with E-state index in [1.807, 2.05) is 0 Å². The lowest BCUT2D eigenvalue weighted by atomic mass is 9.33. The van der Waals surface area contributed by atoms with Crippen molar-refractivity contribution in [3.05, 3.63) is 24.0 Å². The van der Waals surface area contributed by atoms with Crippen LogP contribution in [-0.2, 0) is 28.5 Å². The minimum Gasteiger partial charge on any atom is -0.505 e. The van der Waals surface area contributed by atoms with Gasteiger partial charge in [0.05, 0.1) is 39.1 Å². The Morgan fingerprint density at radius 2 is 1.61 bits per heavy atom. The number of ketones is 1. The lowest BCUT2D eigenvalue weighted by Crippen LogP contribution is -2.67. The van der Waals surface area contributed by atoms with Gasteiger partial charge < -0.3 is 18.9 Å². The quantitative estimate of drug-likeness (QED) is 0.269. The third-order valence-electron chi connectivity index (χ3n) is 14.1. The first-order valence-electron chi connectivity index (χ1n) is 16.0. The van der Waals surface area contributed by atoms with E-state index in [9.17, 15) is 9.59 Å². The Labute approximate surface area is 247 Å². The van der Waals surface area contributed by atoms with Gasteiger partial charge in [-0.3, -0.25) is 9.59 Å². The second-order valence-corrected chi connectivity index (χ2v) is 16.1. The molecule has 1 spiro atoms. The van der Waals surface area contributed by atoms with Gasteiger partial charge in [-0.1, -0.05) is 47.1 Å². The first kappa shape index (κ1) is 29.4. The minimum atomic E-state index is -0.662. The monoisotopic (exact) mass is 568 g/mol. The van der Waals surface area contributed by atoms with Gasteiger partial charge in [-0.2, -0.15) is 0 Å². The van der Waals surface area contributed by atoms with Crippen molar-refractivity contribution < 1.29 is 28.5 Å². The minimum absolute atomic E-state index is 0.00919. The maximum Gasteiger partial charge on any atom is 0.312 e. The van der Waals surface area contributed by atoms with Crippen LogP contribution in [-0.4, -0.2) is 45.0 Å². The molecule has 0 aromatic rings. The standard InChI is InChI=1S/C35H52O6/c1-29(2)11-14-34(28(37)39-8)15-13-33(6)27(23(34)22-29)24(36)21-26-30(3)12-16-35(40-19-20-41-35)32(5,17-18-38-7)25(30)9-10-31(26,33)4/h17-18,21,23,25,27H,9-16,19-20,22H2,1-8H3/b18-17-/t23-,25+,27-,30-,31+,32-,33+,34-/m0/s1. The van der Waals surface area contributed by atoms with Crippen molar-refractivity contribution in [1.29, 1.82) is 0 Å². The van der Waals surface area contributed by atoms with Gasteiger partial charge in [-0.15, -0.1) is 0 Å². The van der Waals surface area contributed by atoms with E-state index in [-0.39, 0.29) is 51.2 Å². The molecule has 1 saturated heterocycles. The van der Waals surface area contributed by atoms with Gasteiger partial charge in [0.15, 0.2) is 11.6 Å². The topological polar surface area (TPSA) is 71.1 Å². The lowest BCUT2D eigenvalue weighted by molar-refractivity contribution is -0.277. The molecule has 8 atom stereocenters. The number of rotatable bonds is 3. The molecule has 6 aliphatic rings. The van der Waals surface area contributed by atoms with E-state index in [4.69, 9.17) is 18.9 Å². The molecule has 1 heterocycles. The highest BCUT2D eigenvalue weighted by Crippen LogP contribution is 2.76. The molecule has 0 aromatic heterocycles. The zero-order valence-corrected chi connectivity index (χ0v) is 26.7. The molecule has 0 aromatic carbocycles. The second kappa shape index (κ2) is 9.17. The van der Waals surface area contributed by atoms with E-state index >= 15 is 0 Å². The van der Waals surface area contributed by atoms with Crippen molar-refractivity contribution in [2.45, 2.75) is 105 Å². The molecule has 228 valence electrons. The van der Waals surface area contributed by atoms with Crippen LogP contribution in [0.3, 0.4) is 0 Å². The second-order valence-electron chi connectivity index (χ2n) is 16.1. The number of ether oxygens (including phenoxy) is 4. The molecule has 5 fully saturated rings. The van der Waals surface area contributed by atoms with Gasteiger partial charge in [-0.05, 0) is 97.0 Å². The van der Waals surface area contributed by atoms with Crippen LogP contribution in [0.1, 0.15) is 99.3 Å². The summed E-state index contributed by atoms with van der Waals surface area (Å²) in [5.41, 5.74) is -0.0347. The van der Waals surface area contributed by atoms with Crippen molar-refractivity contribution in [2.75, 3.05) is 27.4 Å². The molecule has 0 N–H and O–H groups in total. The highest BCUT2D eigenvalue weighted by Gasteiger charge is 2.73. The molecule has 4 saturated carbocycles. The third kappa shape index (κ3) is 3.62. The molecule has 0 bridgehead atoms. The largest absolute Gasteiger partial charge is 0.505 e. The Kier molecular flexibility index (Phi) is 6.58. The average molecular weight is 569 g/mol. The van der Waals surface area contributed by atoms with Crippen LogP contribution >= 0.6 is 0 Å². The summed E-state index contributed by atoms with van der Waals surface area (Å²) < 4.78 is 23.8. The third-order valence-corrected chi connectivity index (χ3v) is 14.1. The molecule has 0 unspecified atom stereocenters. The van der Waals surface area contributed by atoms with E-state index < -0.39 is 16.6 Å². The number of esters is 1. The number of carbonyl (C=O) groups excluding carboxylic acids is 2. The fourth-order valence-corrected chi connectivity index (χ4v) is 11.6. The van der Waals surface area contributed by atoms with Crippen LogP contribution in [0.2, 0.25) is 0 Å². The number of hydrogen-bond donors (Lipinski definition) is 0. The van der Waals surface area contributed by atoms with E-state index in [0.29, 0.717) is 13.2 Å².